The second kappa shape index (κ2) is 4.40. The van der Waals surface area contributed by atoms with Crippen LogP contribution in [0.3, 0.4) is 0 Å². The average molecular weight is 218 g/mol. The molecule has 1 unspecified atom stereocenters. The first-order chi connectivity index (χ1) is 6.15. The van der Waals surface area contributed by atoms with Crippen molar-refractivity contribution in [2.24, 2.45) is 5.73 Å². The lowest BCUT2D eigenvalue weighted by atomic mass is 10.3. The zero-order chi connectivity index (χ0) is 9.84. The standard InChI is InChI=1S/C7H9ClN3OP/c8-5-2-1-4(10-3-13)6(11-5)7(9)12/h1-2,10H,3,13H2,(H2,9,12). The van der Waals surface area contributed by atoms with Crippen LogP contribution in [0.25, 0.3) is 0 Å². The molecule has 4 nitrogen and oxygen atoms in total. The zero-order valence-corrected chi connectivity index (χ0v) is 8.66. The van der Waals surface area contributed by atoms with E-state index in [0.29, 0.717) is 12.0 Å². The van der Waals surface area contributed by atoms with Gasteiger partial charge in [0.05, 0.1) is 5.69 Å². The third kappa shape index (κ3) is 2.54. The number of amides is 1. The largest absolute Gasteiger partial charge is 0.380 e. The van der Waals surface area contributed by atoms with E-state index < -0.39 is 5.91 Å². The van der Waals surface area contributed by atoms with Crippen LogP contribution in [0, 0.1) is 0 Å². The van der Waals surface area contributed by atoms with Crippen LogP contribution < -0.4 is 11.1 Å². The maximum Gasteiger partial charge on any atom is 0.269 e. The van der Waals surface area contributed by atoms with Crippen molar-refractivity contribution in [3.8, 4) is 0 Å². The molecule has 0 bridgehead atoms. The second-order valence-electron chi connectivity index (χ2n) is 2.28. The summed E-state index contributed by atoms with van der Waals surface area (Å²) >= 11 is 5.61. The molecule has 0 spiro atoms. The van der Waals surface area contributed by atoms with Gasteiger partial charge in [0.15, 0.2) is 5.69 Å². The molecule has 1 atom stereocenters. The lowest BCUT2D eigenvalue weighted by Crippen LogP contribution is -2.16. The number of aromatic nitrogens is 1. The van der Waals surface area contributed by atoms with Gasteiger partial charge in [-0.3, -0.25) is 4.79 Å². The predicted molar refractivity (Wildman–Crippen MR) is 56.0 cm³/mol. The molecular formula is C7H9ClN3OP. The highest BCUT2D eigenvalue weighted by Gasteiger charge is 2.09. The molecule has 1 aromatic rings. The van der Waals surface area contributed by atoms with E-state index >= 15 is 0 Å². The molecule has 13 heavy (non-hydrogen) atoms. The number of anilines is 1. The molecule has 0 aliphatic heterocycles. The molecule has 0 fully saturated rings. The second-order valence-corrected chi connectivity index (χ2v) is 3.07. The quantitative estimate of drug-likeness (QED) is 0.588. The van der Waals surface area contributed by atoms with Crippen LogP contribution >= 0.6 is 20.8 Å². The van der Waals surface area contributed by atoms with Gasteiger partial charge in [-0.15, -0.1) is 9.24 Å². The summed E-state index contributed by atoms with van der Waals surface area (Å²) in [6.45, 7) is 0. The molecule has 6 heteroatoms. The Labute approximate surface area is 83.1 Å². The van der Waals surface area contributed by atoms with Crippen molar-refractivity contribution in [3.63, 3.8) is 0 Å². The monoisotopic (exact) mass is 217 g/mol. The Hall–Kier alpha value is -0.860. The Balaban J connectivity index is 3.10. The van der Waals surface area contributed by atoms with Gasteiger partial charge in [-0.2, -0.15) is 0 Å². The molecule has 1 amide bonds. The van der Waals surface area contributed by atoms with Crippen molar-refractivity contribution in [2.75, 3.05) is 11.6 Å². The van der Waals surface area contributed by atoms with Crippen LogP contribution in [0.4, 0.5) is 5.69 Å². The number of carbonyl (C=O) groups is 1. The predicted octanol–water partition coefficient (Wildman–Crippen LogP) is 1.08. The molecule has 70 valence electrons. The lowest BCUT2D eigenvalue weighted by molar-refractivity contribution is 0.0996. The third-order valence-corrected chi connectivity index (χ3v) is 1.80. The minimum absolute atomic E-state index is 0.162. The molecular weight excluding hydrogens is 209 g/mol. The molecule has 0 aliphatic carbocycles. The fraction of sp³-hybridized carbons (Fsp3) is 0.143. The van der Waals surface area contributed by atoms with Crippen LogP contribution in [0.1, 0.15) is 10.5 Å². The Morgan fingerprint density at radius 3 is 2.92 bits per heavy atom. The molecule has 0 radical (unpaired) electrons. The smallest absolute Gasteiger partial charge is 0.269 e. The van der Waals surface area contributed by atoms with Gasteiger partial charge >= 0.3 is 0 Å². The van der Waals surface area contributed by atoms with E-state index in [9.17, 15) is 4.79 Å². The van der Waals surface area contributed by atoms with Crippen molar-refractivity contribution in [2.45, 2.75) is 0 Å². The first-order valence-corrected chi connectivity index (χ1v) is 4.75. The van der Waals surface area contributed by atoms with Crippen LogP contribution in [0.2, 0.25) is 5.15 Å². The SMILES string of the molecule is NC(=O)c1nc(Cl)ccc1NCP. The highest BCUT2D eigenvalue weighted by molar-refractivity contribution is 7.16. The maximum absolute atomic E-state index is 10.9. The van der Waals surface area contributed by atoms with Gasteiger partial charge in [-0.05, 0) is 12.1 Å². The molecule has 0 aromatic carbocycles. The number of rotatable bonds is 3. The fourth-order valence-electron chi connectivity index (χ4n) is 0.876. The van der Waals surface area contributed by atoms with Crippen LogP contribution in [-0.2, 0) is 0 Å². The number of nitrogens with zero attached hydrogens (tertiary/aromatic N) is 1. The van der Waals surface area contributed by atoms with E-state index in [1.165, 1.54) is 0 Å². The molecule has 0 aliphatic rings. The number of halogens is 1. The van der Waals surface area contributed by atoms with E-state index in [0.717, 1.165) is 0 Å². The van der Waals surface area contributed by atoms with Crippen molar-refractivity contribution in [1.29, 1.82) is 0 Å². The van der Waals surface area contributed by atoms with E-state index in [1.807, 2.05) is 0 Å². The number of nitrogens with two attached hydrogens (primary N) is 1. The zero-order valence-electron chi connectivity index (χ0n) is 6.75. The summed E-state index contributed by atoms with van der Waals surface area (Å²) in [6, 6.07) is 3.26. The third-order valence-electron chi connectivity index (χ3n) is 1.39. The summed E-state index contributed by atoms with van der Waals surface area (Å²) in [5, 5.41) is 3.18. The summed E-state index contributed by atoms with van der Waals surface area (Å²) in [5.74, 6) is -0.594. The van der Waals surface area contributed by atoms with Crippen LogP contribution in [0.15, 0.2) is 12.1 Å². The Kier molecular flexibility index (Phi) is 3.46. The fourth-order valence-corrected chi connectivity index (χ4v) is 1.24. The van der Waals surface area contributed by atoms with Gasteiger partial charge < -0.3 is 11.1 Å². The molecule has 3 N–H and O–H groups in total. The highest BCUT2D eigenvalue weighted by atomic mass is 35.5. The molecule has 0 saturated heterocycles. The summed E-state index contributed by atoms with van der Waals surface area (Å²) in [5.41, 5.74) is 5.86. The van der Waals surface area contributed by atoms with E-state index in [2.05, 4.69) is 19.5 Å². The molecule has 1 rings (SSSR count). The topological polar surface area (TPSA) is 68.0 Å². The number of hydrogen-bond donors (Lipinski definition) is 2. The van der Waals surface area contributed by atoms with Gasteiger partial charge in [-0.1, -0.05) is 11.6 Å². The highest BCUT2D eigenvalue weighted by Crippen LogP contribution is 2.16. The normalized spacial score (nSPS) is 9.69. The molecule has 0 saturated carbocycles. The Morgan fingerprint density at radius 1 is 1.69 bits per heavy atom. The van der Waals surface area contributed by atoms with Gasteiger partial charge in [-0.25, -0.2) is 4.98 Å². The van der Waals surface area contributed by atoms with Crippen molar-refractivity contribution in [1.82, 2.24) is 4.98 Å². The summed E-state index contributed by atoms with van der Waals surface area (Å²) in [6.07, 6.45) is 0.615. The lowest BCUT2D eigenvalue weighted by Gasteiger charge is -2.06. The Morgan fingerprint density at radius 2 is 2.38 bits per heavy atom. The number of nitrogens with one attached hydrogen (secondary N) is 1. The van der Waals surface area contributed by atoms with Gasteiger partial charge in [0.25, 0.3) is 5.91 Å². The first-order valence-electron chi connectivity index (χ1n) is 3.55. The van der Waals surface area contributed by atoms with Crippen molar-refractivity contribution < 1.29 is 4.79 Å². The van der Waals surface area contributed by atoms with E-state index in [4.69, 9.17) is 17.3 Å². The minimum Gasteiger partial charge on any atom is -0.380 e. The van der Waals surface area contributed by atoms with E-state index in [-0.39, 0.29) is 10.8 Å². The van der Waals surface area contributed by atoms with Crippen molar-refractivity contribution >= 4 is 32.4 Å². The van der Waals surface area contributed by atoms with Crippen LogP contribution in [-0.4, -0.2) is 17.2 Å². The first kappa shape index (κ1) is 10.2. The summed E-state index contributed by atoms with van der Waals surface area (Å²) < 4.78 is 0. The molecule has 1 heterocycles. The van der Waals surface area contributed by atoms with Crippen molar-refractivity contribution in [3.05, 3.63) is 23.0 Å². The number of pyridine rings is 1. The number of hydrogen-bond acceptors (Lipinski definition) is 3. The minimum atomic E-state index is -0.594. The number of primary amides is 1. The average Bonchev–Trinajstić information content (AvgIpc) is 2.08. The van der Waals surface area contributed by atoms with Crippen LogP contribution in [0.5, 0.6) is 0 Å². The van der Waals surface area contributed by atoms with Gasteiger partial charge in [0, 0.05) is 6.29 Å². The maximum atomic E-state index is 10.9. The summed E-state index contributed by atoms with van der Waals surface area (Å²) in [4.78, 5) is 14.7. The summed E-state index contributed by atoms with van der Waals surface area (Å²) in [7, 11) is 2.47. The molecule has 1 aromatic heterocycles. The Bertz CT molecular complexity index is 332. The van der Waals surface area contributed by atoms with Gasteiger partial charge in [0.1, 0.15) is 5.15 Å². The number of carbonyl (C=O) groups excluding carboxylic acids is 1. The van der Waals surface area contributed by atoms with Gasteiger partial charge in [0.2, 0.25) is 0 Å². The van der Waals surface area contributed by atoms with E-state index in [1.54, 1.807) is 12.1 Å².